The summed E-state index contributed by atoms with van der Waals surface area (Å²) in [6, 6.07) is 3.87. The van der Waals surface area contributed by atoms with Crippen LogP contribution in [0.4, 0.5) is 0 Å². The number of amides is 1. The minimum absolute atomic E-state index is 0.174. The molecule has 8 heteroatoms. The Morgan fingerprint density at radius 1 is 1.30 bits per heavy atom. The third-order valence-electron chi connectivity index (χ3n) is 4.27. The van der Waals surface area contributed by atoms with Crippen molar-refractivity contribution >= 4 is 5.91 Å². The number of nitrogens with zero attached hydrogens (tertiary/aromatic N) is 5. The fourth-order valence-corrected chi connectivity index (χ4v) is 2.96. The minimum atomic E-state index is -0.596. The molecule has 1 fully saturated rings. The number of hydrogen-bond acceptors (Lipinski definition) is 6. The second-order valence-electron chi connectivity index (χ2n) is 6.16. The Labute approximate surface area is 134 Å². The van der Waals surface area contributed by atoms with Gasteiger partial charge in [0.1, 0.15) is 5.69 Å². The van der Waals surface area contributed by atoms with E-state index in [0.29, 0.717) is 35.6 Å². The van der Waals surface area contributed by atoms with E-state index in [1.807, 2.05) is 0 Å². The van der Waals surface area contributed by atoms with Crippen molar-refractivity contribution in [3.8, 4) is 11.4 Å². The number of aryl methyl sites for hydroxylation is 1. The molecular weight excluding hydrogens is 294 g/mol. The summed E-state index contributed by atoms with van der Waals surface area (Å²) in [5.74, 6) is 0.295. The van der Waals surface area contributed by atoms with Crippen molar-refractivity contribution in [3.63, 3.8) is 0 Å². The highest BCUT2D eigenvalue weighted by Crippen LogP contribution is 2.24. The number of nitrogens with two attached hydrogens (primary N) is 2. The predicted molar refractivity (Wildman–Crippen MR) is 84.2 cm³/mol. The maximum absolute atomic E-state index is 11.6. The first-order valence-electron chi connectivity index (χ1n) is 7.84. The standard InChI is InChI=1S/C15H21N7O/c1-9-2-7-12(13(18-9)14(17)23)15-19-21-22(20-15)8-10-3-5-11(16)6-4-10/h2,7,10-11H,3-6,8,16H2,1H3,(H2,17,23). The lowest BCUT2D eigenvalue weighted by Crippen LogP contribution is -2.28. The van der Waals surface area contributed by atoms with Crippen LogP contribution >= 0.6 is 0 Å². The van der Waals surface area contributed by atoms with Gasteiger partial charge in [-0.1, -0.05) is 0 Å². The van der Waals surface area contributed by atoms with Gasteiger partial charge >= 0.3 is 0 Å². The molecule has 0 bridgehead atoms. The number of pyridine rings is 1. The summed E-state index contributed by atoms with van der Waals surface area (Å²) in [6.07, 6.45) is 4.24. The largest absolute Gasteiger partial charge is 0.364 e. The summed E-state index contributed by atoms with van der Waals surface area (Å²) >= 11 is 0. The van der Waals surface area contributed by atoms with E-state index in [1.165, 1.54) is 0 Å². The van der Waals surface area contributed by atoms with Crippen molar-refractivity contribution in [1.29, 1.82) is 0 Å². The summed E-state index contributed by atoms with van der Waals surface area (Å²) in [5.41, 5.74) is 12.7. The number of hydrogen-bond donors (Lipinski definition) is 2. The van der Waals surface area contributed by atoms with Crippen molar-refractivity contribution in [1.82, 2.24) is 25.2 Å². The van der Waals surface area contributed by atoms with Gasteiger partial charge in [-0.2, -0.15) is 4.80 Å². The number of rotatable bonds is 4. The smallest absolute Gasteiger partial charge is 0.268 e. The lowest BCUT2D eigenvalue weighted by Gasteiger charge is -2.25. The third-order valence-corrected chi connectivity index (χ3v) is 4.27. The van der Waals surface area contributed by atoms with Crippen LogP contribution in [0, 0.1) is 12.8 Å². The summed E-state index contributed by atoms with van der Waals surface area (Å²) in [7, 11) is 0. The summed E-state index contributed by atoms with van der Waals surface area (Å²) in [5, 5.41) is 12.5. The van der Waals surface area contributed by atoms with Crippen molar-refractivity contribution in [2.75, 3.05) is 0 Å². The Hall–Kier alpha value is -2.35. The van der Waals surface area contributed by atoms with Crippen molar-refractivity contribution in [3.05, 3.63) is 23.5 Å². The topological polar surface area (TPSA) is 126 Å². The fourth-order valence-electron chi connectivity index (χ4n) is 2.96. The zero-order valence-electron chi connectivity index (χ0n) is 13.1. The van der Waals surface area contributed by atoms with E-state index in [1.54, 1.807) is 23.9 Å². The third kappa shape index (κ3) is 3.53. The molecule has 1 aliphatic rings. The van der Waals surface area contributed by atoms with E-state index in [-0.39, 0.29) is 5.69 Å². The van der Waals surface area contributed by atoms with Gasteiger partial charge in [-0.05, 0) is 55.9 Å². The molecule has 0 saturated heterocycles. The minimum Gasteiger partial charge on any atom is -0.364 e. The van der Waals surface area contributed by atoms with Crippen LogP contribution in [0.1, 0.15) is 41.9 Å². The number of primary amides is 1. The van der Waals surface area contributed by atoms with Crippen molar-refractivity contribution in [2.45, 2.75) is 45.2 Å². The molecule has 0 atom stereocenters. The Balaban J connectivity index is 1.78. The Morgan fingerprint density at radius 3 is 2.74 bits per heavy atom. The van der Waals surface area contributed by atoms with E-state index < -0.39 is 5.91 Å². The number of carbonyl (C=O) groups excluding carboxylic acids is 1. The molecule has 122 valence electrons. The van der Waals surface area contributed by atoms with Crippen LogP contribution in [0.2, 0.25) is 0 Å². The molecule has 2 heterocycles. The second kappa shape index (κ2) is 6.41. The molecule has 1 saturated carbocycles. The van der Waals surface area contributed by atoms with E-state index in [9.17, 15) is 4.79 Å². The van der Waals surface area contributed by atoms with Gasteiger partial charge in [-0.15, -0.1) is 10.2 Å². The Kier molecular flexibility index (Phi) is 4.33. The summed E-state index contributed by atoms with van der Waals surface area (Å²) < 4.78 is 0. The maximum Gasteiger partial charge on any atom is 0.268 e. The zero-order valence-corrected chi connectivity index (χ0v) is 13.1. The normalized spacial score (nSPS) is 21.3. The highest BCUT2D eigenvalue weighted by Gasteiger charge is 2.21. The molecule has 1 aliphatic carbocycles. The van der Waals surface area contributed by atoms with Crippen LogP contribution in [0.3, 0.4) is 0 Å². The van der Waals surface area contributed by atoms with Crippen LogP contribution in [-0.4, -0.2) is 37.1 Å². The van der Waals surface area contributed by atoms with Gasteiger partial charge in [0.05, 0.1) is 12.1 Å². The van der Waals surface area contributed by atoms with Gasteiger partial charge in [0.25, 0.3) is 5.91 Å². The van der Waals surface area contributed by atoms with Gasteiger partial charge in [0.15, 0.2) is 0 Å². The first-order chi connectivity index (χ1) is 11.0. The Bertz CT molecular complexity index is 704. The van der Waals surface area contributed by atoms with Gasteiger partial charge in [0.2, 0.25) is 5.82 Å². The maximum atomic E-state index is 11.6. The molecule has 3 rings (SSSR count). The SMILES string of the molecule is Cc1ccc(-c2nnn(CC3CCC(N)CC3)n2)c(C(N)=O)n1. The lowest BCUT2D eigenvalue weighted by atomic mass is 9.86. The average molecular weight is 315 g/mol. The second-order valence-corrected chi connectivity index (χ2v) is 6.16. The van der Waals surface area contributed by atoms with Crippen LogP contribution < -0.4 is 11.5 Å². The molecule has 4 N–H and O–H groups in total. The molecular formula is C15H21N7O. The fraction of sp³-hybridized carbons (Fsp3) is 0.533. The van der Waals surface area contributed by atoms with E-state index >= 15 is 0 Å². The molecule has 2 aromatic rings. The molecule has 2 aromatic heterocycles. The molecule has 8 nitrogen and oxygen atoms in total. The molecule has 23 heavy (non-hydrogen) atoms. The van der Waals surface area contributed by atoms with E-state index in [0.717, 1.165) is 25.7 Å². The monoisotopic (exact) mass is 315 g/mol. The molecule has 0 aliphatic heterocycles. The first-order valence-corrected chi connectivity index (χ1v) is 7.84. The van der Waals surface area contributed by atoms with Crippen LogP contribution in [-0.2, 0) is 6.54 Å². The van der Waals surface area contributed by atoms with Gasteiger partial charge < -0.3 is 11.5 Å². The number of tetrazole rings is 1. The predicted octanol–water partition coefficient (Wildman–Crippen LogP) is 0.660. The number of carbonyl (C=O) groups is 1. The molecule has 0 unspecified atom stereocenters. The van der Waals surface area contributed by atoms with E-state index in [2.05, 4.69) is 20.4 Å². The molecule has 0 aromatic carbocycles. The van der Waals surface area contributed by atoms with E-state index in [4.69, 9.17) is 11.5 Å². The first kappa shape index (κ1) is 15.5. The summed E-state index contributed by atoms with van der Waals surface area (Å²) in [4.78, 5) is 17.3. The molecule has 1 amide bonds. The molecule has 0 radical (unpaired) electrons. The summed E-state index contributed by atoms with van der Waals surface area (Å²) in [6.45, 7) is 2.51. The lowest BCUT2D eigenvalue weighted by molar-refractivity contribution is 0.0996. The zero-order chi connectivity index (χ0) is 16.4. The van der Waals surface area contributed by atoms with Crippen molar-refractivity contribution in [2.24, 2.45) is 17.4 Å². The van der Waals surface area contributed by atoms with Crippen LogP contribution in [0.25, 0.3) is 11.4 Å². The van der Waals surface area contributed by atoms with Crippen molar-refractivity contribution < 1.29 is 4.79 Å². The average Bonchev–Trinajstić information content (AvgIpc) is 2.98. The van der Waals surface area contributed by atoms with Gasteiger partial charge in [-0.25, -0.2) is 4.98 Å². The van der Waals surface area contributed by atoms with Gasteiger partial charge in [0, 0.05) is 11.7 Å². The van der Waals surface area contributed by atoms with Crippen LogP contribution in [0.5, 0.6) is 0 Å². The highest BCUT2D eigenvalue weighted by atomic mass is 16.1. The number of aromatic nitrogens is 5. The Morgan fingerprint density at radius 2 is 2.04 bits per heavy atom. The molecule has 0 spiro atoms. The highest BCUT2D eigenvalue weighted by molar-refractivity contribution is 5.96. The van der Waals surface area contributed by atoms with Crippen LogP contribution in [0.15, 0.2) is 12.1 Å². The quantitative estimate of drug-likeness (QED) is 0.853. The van der Waals surface area contributed by atoms with Gasteiger partial charge in [-0.3, -0.25) is 4.79 Å².